The summed E-state index contributed by atoms with van der Waals surface area (Å²) in [6, 6.07) is 12.9. The molecule has 1 atom stereocenters. The number of amidine groups is 1. The Morgan fingerprint density at radius 1 is 1.25 bits per heavy atom. The van der Waals surface area contributed by atoms with Crippen LogP contribution in [-0.2, 0) is 9.59 Å². The number of carbonyl (C=O) groups excluding carboxylic acids is 2. The molecule has 0 bridgehead atoms. The first-order valence-electron chi connectivity index (χ1n) is 8.25. The molecule has 0 saturated carbocycles. The van der Waals surface area contributed by atoms with Crippen molar-refractivity contribution in [1.29, 1.82) is 0 Å². The number of thioether (sulfide) groups is 1. The van der Waals surface area contributed by atoms with E-state index < -0.39 is 11.2 Å². The number of rotatable bonds is 5. The van der Waals surface area contributed by atoms with Crippen molar-refractivity contribution in [3.05, 3.63) is 59.1 Å². The Kier molecular flexibility index (Phi) is 6.01. The Morgan fingerprint density at radius 3 is 2.71 bits per heavy atom. The maximum Gasteiger partial charge on any atom is 0.335 e. The summed E-state index contributed by atoms with van der Waals surface area (Å²) in [5, 5.41) is 12.1. The SMILES string of the molecule is CN1C(=O)[C@H](CC(=O)Nc2cccc(C(=O)O)c2)SC1=Nc1cccc(Cl)c1. The lowest BCUT2D eigenvalue weighted by Gasteiger charge is -2.09. The van der Waals surface area contributed by atoms with Gasteiger partial charge in [0.2, 0.25) is 11.8 Å². The number of carboxylic acid groups (broad SMARTS) is 1. The van der Waals surface area contributed by atoms with Gasteiger partial charge in [-0.25, -0.2) is 9.79 Å². The lowest BCUT2D eigenvalue weighted by Crippen LogP contribution is -2.30. The Hall–Kier alpha value is -2.84. The topological polar surface area (TPSA) is 99.1 Å². The maximum atomic E-state index is 12.4. The van der Waals surface area contributed by atoms with Crippen molar-refractivity contribution in [2.45, 2.75) is 11.7 Å². The molecular formula is C19H16ClN3O4S. The Balaban J connectivity index is 1.67. The Morgan fingerprint density at radius 2 is 2.00 bits per heavy atom. The zero-order valence-electron chi connectivity index (χ0n) is 14.8. The lowest BCUT2D eigenvalue weighted by molar-refractivity contribution is -0.127. The first kappa shape index (κ1) is 19.9. The number of carbonyl (C=O) groups is 3. The molecule has 2 amide bonds. The molecule has 3 rings (SSSR count). The quantitative estimate of drug-likeness (QED) is 0.773. The monoisotopic (exact) mass is 417 g/mol. The van der Waals surface area contributed by atoms with Crippen molar-refractivity contribution in [3.8, 4) is 0 Å². The van der Waals surface area contributed by atoms with Crippen molar-refractivity contribution in [2.24, 2.45) is 4.99 Å². The van der Waals surface area contributed by atoms with Gasteiger partial charge in [0.25, 0.3) is 0 Å². The second-order valence-electron chi connectivity index (χ2n) is 6.02. The molecule has 1 aliphatic heterocycles. The van der Waals surface area contributed by atoms with E-state index in [4.69, 9.17) is 16.7 Å². The van der Waals surface area contributed by atoms with E-state index >= 15 is 0 Å². The van der Waals surface area contributed by atoms with Crippen LogP contribution in [0.15, 0.2) is 53.5 Å². The van der Waals surface area contributed by atoms with Crippen molar-refractivity contribution in [1.82, 2.24) is 4.90 Å². The summed E-state index contributed by atoms with van der Waals surface area (Å²) in [5.41, 5.74) is 1.05. The van der Waals surface area contributed by atoms with E-state index in [1.54, 1.807) is 37.4 Å². The number of amides is 2. The predicted octanol–water partition coefficient (Wildman–Crippen LogP) is 3.63. The molecule has 144 valence electrons. The van der Waals surface area contributed by atoms with Gasteiger partial charge in [-0.3, -0.25) is 14.5 Å². The normalized spacial score (nSPS) is 17.8. The number of anilines is 1. The minimum Gasteiger partial charge on any atom is -0.478 e. The van der Waals surface area contributed by atoms with Crippen LogP contribution < -0.4 is 5.32 Å². The number of aliphatic imine (C=N–C) groups is 1. The van der Waals surface area contributed by atoms with Crippen molar-refractivity contribution >= 4 is 57.7 Å². The minimum absolute atomic E-state index is 0.0558. The van der Waals surface area contributed by atoms with Gasteiger partial charge in [-0.15, -0.1) is 0 Å². The zero-order valence-corrected chi connectivity index (χ0v) is 16.3. The maximum absolute atomic E-state index is 12.4. The molecule has 1 fully saturated rings. The van der Waals surface area contributed by atoms with Crippen LogP contribution >= 0.6 is 23.4 Å². The fourth-order valence-corrected chi connectivity index (χ4v) is 3.90. The van der Waals surface area contributed by atoms with Crippen LogP contribution in [0.25, 0.3) is 0 Å². The number of hydrogen-bond donors (Lipinski definition) is 2. The van der Waals surface area contributed by atoms with E-state index in [0.717, 1.165) is 0 Å². The zero-order chi connectivity index (χ0) is 20.3. The smallest absolute Gasteiger partial charge is 0.335 e. The summed E-state index contributed by atoms with van der Waals surface area (Å²) < 4.78 is 0. The highest BCUT2D eigenvalue weighted by atomic mass is 35.5. The van der Waals surface area contributed by atoms with Gasteiger partial charge in [0.15, 0.2) is 5.17 Å². The van der Waals surface area contributed by atoms with Crippen LogP contribution in [0.2, 0.25) is 5.02 Å². The average molecular weight is 418 g/mol. The highest BCUT2D eigenvalue weighted by Gasteiger charge is 2.37. The fourth-order valence-electron chi connectivity index (χ4n) is 2.56. The van der Waals surface area contributed by atoms with Gasteiger partial charge in [0.1, 0.15) is 5.25 Å². The number of nitrogens with one attached hydrogen (secondary N) is 1. The van der Waals surface area contributed by atoms with Crippen LogP contribution in [0.1, 0.15) is 16.8 Å². The van der Waals surface area contributed by atoms with Crippen LogP contribution in [0.3, 0.4) is 0 Å². The second-order valence-corrected chi connectivity index (χ2v) is 7.62. The number of halogens is 1. The molecule has 7 nitrogen and oxygen atoms in total. The summed E-state index contributed by atoms with van der Waals surface area (Å²) in [7, 11) is 1.60. The van der Waals surface area contributed by atoms with Crippen LogP contribution in [0, 0.1) is 0 Å². The van der Waals surface area contributed by atoms with Gasteiger partial charge in [-0.05, 0) is 36.4 Å². The highest BCUT2D eigenvalue weighted by molar-refractivity contribution is 8.15. The van der Waals surface area contributed by atoms with Gasteiger partial charge in [0.05, 0.1) is 11.3 Å². The molecule has 0 aliphatic carbocycles. The van der Waals surface area contributed by atoms with E-state index in [0.29, 0.717) is 21.6 Å². The van der Waals surface area contributed by atoms with Gasteiger partial charge in [-0.2, -0.15) is 0 Å². The summed E-state index contributed by atoms with van der Waals surface area (Å²) in [6.07, 6.45) is -0.0558. The summed E-state index contributed by atoms with van der Waals surface area (Å²) in [5.74, 6) is -1.69. The third-order valence-corrected chi connectivity index (χ3v) is 5.40. The van der Waals surface area contributed by atoms with E-state index in [1.165, 1.54) is 34.9 Å². The molecule has 1 heterocycles. The van der Waals surface area contributed by atoms with Crippen molar-refractivity contribution in [3.63, 3.8) is 0 Å². The molecule has 2 aromatic carbocycles. The van der Waals surface area contributed by atoms with Gasteiger partial charge < -0.3 is 10.4 Å². The second kappa shape index (κ2) is 8.45. The van der Waals surface area contributed by atoms with E-state index in [2.05, 4.69) is 10.3 Å². The summed E-state index contributed by atoms with van der Waals surface area (Å²) in [4.78, 5) is 41.6. The van der Waals surface area contributed by atoms with Crippen LogP contribution in [-0.4, -0.2) is 45.3 Å². The number of hydrogen-bond acceptors (Lipinski definition) is 5. The third kappa shape index (κ3) is 4.71. The Labute approximate surface area is 170 Å². The molecular weight excluding hydrogens is 402 g/mol. The van der Waals surface area contributed by atoms with Gasteiger partial charge in [0, 0.05) is 24.2 Å². The standard InChI is InChI=1S/C19H16ClN3O4S/c1-23-17(25)15(28-19(23)22-14-7-3-5-12(20)9-14)10-16(24)21-13-6-2-4-11(8-13)18(26)27/h2-9,15H,10H2,1H3,(H,21,24)(H,26,27)/t15-/m0/s1. The van der Waals surface area contributed by atoms with Gasteiger partial charge >= 0.3 is 5.97 Å². The van der Waals surface area contributed by atoms with Gasteiger partial charge in [-0.1, -0.05) is 35.5 Å². The first-order chi connectivity index (χ1) is 13.3. The highest BCUT2D eigenvalue weighted by Crippen LogP contribution is 2.31. The largest absolute Gasteiger partial charge is 0.478 e. The fraction of sp³-hybridized carbons (Fsp3) is 0.158. The summed E-state index contributed by atoms with van der Waals surface area (Å²) in [6.45, 7) is 0. The molecule has 9 heteroatoms. The van der Waals surface area contributed by atoms with Crippen LogP contribution in [0.5, 0.6) is 0 Å². The Bertz CT molecular complexity index is 979. The van der Waals surface area contributed by atoms with Crippen LogP contribution in [0.4, 0.5) is 11.4 Å². The third-order valence-electron chi connectivity index (χ3n) is 3.94. The predicted molar refractivity (Wildman–Crippen MR) is 109 cm³/mol. The number of carboxylic acids is 1. The van der Waals surface area contributed by atoms with E-state index in [1.807, 2.05) is 0 Å². The van der Waals surface area contributed by atoms with E-state index in [-0.39, 0.29) is 23.8 Å². The van der Waals surface area contributed by atoms with E-state index in [9.17, 15) is 14.4 Å². The van der Waals surface area contributed by atoms with Crippen molar-refractivity contribution < 1.29 is 19.5 Å². The van der Waals surface area contributed by atoms with Crippen molar-refractivity contribution in [2.75, 3.05) is 12.4 Å². The molecule has 0 radical (unpaired) electrons. The average Bonchev–Trinajstić information content (AvgIpc) is 2.90. The number of aromatic carboxylic acids is 1. The molecule has 2 N–H and O–H groups in total. The molecule has 0 unspecified atom stereocenters. The minimum atomic E-state index is -1.08. The molecule has 1 saturated heterocycles. The molecule has 1 aliphatic rings. The first-order valence-corrected chi connectivity index (χ1v) is 9.51. The number of nitrogens with zero attached hydrogens (tertiary/aromatic N) is 2. The molecule has 28 heavy (non-hydrogen) atoms. The molecule has 2 aromatic rings. The lowest BCUT2D eigenvalue weighted by atomic mass is 10.2. The molecule has 0 aromatic heterocycles. The molecule has 0 spiro atoms. The number of benzene rings is 2. The summed E-state index contributed by atoms with van der Waals surface area (Å²) >= 11 is 7.16.